The van der Waals surface area contributed by atoms with Gasteiger partial charge in [0.2, 0.25) is 0 Å². The van der Waals surface area contributed by atoms with E-state index in [9.17, 15) is 0 Å². The van der Waals surface area contributed by atoms with Crippen LogP contribution in [0.5, 0.6) is 0 Å². The van der Waals surface area contributed by atoms with Crippen molar-refractivity contribution in [2.45, 2.75) is 71.3 Å². The lowest BCUT2D eigenvalue weighted by molar-refractivity contribution is 0.00662. The second-order valence-electron chi connectivity index (χ2n) is 5.59. The number of hydrogen-bond acceptors (Lipinski definition) is 2. The second-order valence-corrected chi connectivity index (χ2v) is 5.59. The number of rotatable bonds is 7. The second kappa shape index (κ2) is 7.38. The maximum Gasteiger partial charge on any atom is 0.0359 e. The van der Waals surface area contributed by atoms with Crippen LogP contribution in [-0.2, 0) is 0 Å². The summed E-state index contributed by atoms with van der Waals surface area (Å²) in [6.45, 7) is 10.2. The minimum atomic E-state index is 0.316. The molecule has 1 rings (SSSR count). The largest absolute Gasteiger partial charge is 0.329 e. The summed E-state index contributed by atoms with van der Waals surface area (Å²) in [4.78, 5) is 2.70. The van der Waals surface area contributed by atoms with Gasteiger partial charge in [0.05, 0.1) is 0 Å². The van der Waals surface area contributed by atoms with Gasteiger partial charge in [-0.25, -0.2) is 0 Å². The fraction of sp³-hybridized carbons (Fsp3) is 1.00. The summed E-state index contributed by atoms with van der Waals surface area (Å²) in [5.41, 5.74) is 6.53. The van der Waals surface area contributed by atoms with Gasteiger partial charge < -0.3 is 5.73 Å². The molecule has 0 aromatic heterocycles. The van der Waals surface area contributed by atoms with Crippen LogP contribution in [0.3, 0.4) is 0 Å². The Morgan fingerprint density at radius 2 is 2.00 bits per heavy atom. The molecular formula is C15H32N2. The third-order valence-electron chi connectivity index (χ3n) is 4.81. The van der Waals surface area contributed by atoms with Crippen molar-refractivity contribution in [3.63, 3.8) is 0 Å². The van der Waals surface area contributed by atoms with E-state index in [0.29, 0.717) is 5.54 Å². The first-order valence-electron chi connectivity index (χ1n) is 7.70. The summed E-state index contributed by atoms with van der Waals surface area (Å²) < 4.78 is 0. The molecule has 2 atom stereocenters. The van der Waals surface area contributed by atoms with Crippen LogP contribution in [0, 0.1) is 5.92 Å². The van der Waals surface area contributed by atoms with E-state index >= 15 is 0 Å². The Morgan fingerprint density at radius 3 is 2.53 bits per heavy atom. The Hall–Kier alpha value is -0.0800. The minimum Gasteiger partial charge on any atom is -0.329 e. The summed E-state index contributed by atoms with van der Waals surface area (Å²) in [5, 5.41) is 0. The standard InChI is InChI=1S/C15H32N2/c1-4-7-12-17(6-3)15(13-16)11-9-8-10-14(15)5-2/h14H,4-13,16H2,1-3H3. The fourth-order valence-electron chi connectivity index (χ4n) is 3.74. The average Bonchev–Trinajstić information content (AvgIpc) is 2.39. The van der Waals surface area contributed by atoms with E-state index in [1.165, 1.54) is 51.5 Å². The molecule has 1 saturated carbocycles. The van der Waals surface area contributed by atoms with Crippen molar-refractivity contribution in [1.82, 2.24) is 4.90 Å². The first-order valence-corrected chi connectivity index (χ1v) is 7.70. The molecule has 0 saturated heterocycles. The third kappa shape index (κ3) is 3.23. The number of nitrogens with two attached hydrogens (primary N) is 1. The lowest BCUT2D eigenvalue weighted by Crippen LogP contribution is -2.60. The van der Waals surface area contributed by atoms with Gasteiger partial charge >= 0.3 is 0 Å². The van der Waals surface area contributed by atoms with Gasteiger partial charge in [0.15, 0.2) is 0 Å². The van der Waals surface area contributed by atoms with E-state index in [2.05, 4.69) is 25.7 Å². The molecule has 2 nitrogen and oxygen atoms in total. The normalized spacial score (nSPS) is 29.8. The Balaban J connectivity index is 2.80. The van der Waals surface area contributed by atoms with Crippen molar-refractivity contribution in [3.8, 4) is 0 Å². The summed E-state index contributed by atoms with van der Waals surface area (Å²) in [6, 6.07) is 0. The van der Waals surface area contributed by atoms with Crippen molar-refractivity contribution in [2.75, 3.05) is 19.6 Å². The summed E-state index contributed by atoms with van der Waals surface area (Å²) in [6.07, 6.45) is 9.37. The van der Waals surface area contributed by atoms with Crippen LogP contribution in [0.2, 0.25) is 0 Å². The van der Waals surface area contributed by atoms with E-state index < -0.39 is 0 Å². The van der Waals surface area contributed by atoms with Crippen molar-refractivity contribution in [3.05, 3.63) is 0 Å². The molecule has 0 spiro atoms. The highest BCUT2D eigenvalue weighted by atomic mass is 15.2. The monoisotopic (exact) mass is 240 g/mol. The molecule has 2 unspecified atom stereocenters. The van der Waals surface area contributed by atoms with Crippen LogP contribution >= 0.6 is 0 Å². The van der Waals surface area contributed by atoms with Gasteiger partial charge in [-0.3, -0.25) is 4.90 Å². The van der Waals surface area contributed by atoms with Crippen LogP contribution in [-0.4, -0.2) is 30.1 Å². The Morgan fingerprint density at radius 1 is 1.24 bits per heavy atom. The van der Waals surface area contributed by atoms with Gasteiger partial charge in [-0.15, -0.1) is 0 Å². The van der Waals surface area contributed by atoms with Gasteiger partial charge in [0, 0.05) is 12.1 Å². The lowest BCUT2D eigenvalue weighted by Gasteiger charge is -2.51. The van der Waals surface area contributed by atoms with Crippen LogP contribution < -0.4 is 5.73 Å². The van der Waals surface area contributed by atoms with Crippen molar-refractivity contribution < 1.29 is 0 Å². The first-order chi connectivity index (χ1) is 8.25. The molecule has 1 aliphatic carbocycles. The molecule has 2 N–H and O–H groups in total. The highest BCUT2D eigenvalue weighted by Gasteiger charge is 2.42. The molecule has 0 bridgehead atoms. The average molecular weight is 240 g/mol. The maximum absolute atomic E-state index is 6.21. The Labute approximate surface area is 108 Å². The maximum atomic E-state index is 6.21. The van der Waals surface area contributed by atoms with E-state index in [0.717, 1.165) is 19.0 Å². The molecular weight excluding hydrogens is 208 g/mol. The fourth-order valence-corrected chi connectivity index (χ4v) is 3.74. The molecule has 17 heavy (non-hydrogen) atoms. The number of nitrogens with zero attached hydrogens (tertiary/aromatic N) is 1. The molecule has 2 heteroatoms. The van der Waals surface area contributed by atoms with Gasteiger partial charge in [-0.1, -0.05) is 46.5 Å². The summed E-state index contributed by atoms with van der Waals surface area (Å²) >= 11 is 0. The Bertz CT molecular complexity index is 205. The first kappa shape index (κ1) is 15.0. The molecule has 0 amide bonds. The zero-order valence-corrected chi connectivity index (χ0v) is 12.2. The molecule has 0 aromatic rings. The van der Waals surface area contributed by atoms with E-state index in [4.69, 9.17) is 5.73 Å². The van der Waals surface area contributed by atoms with Gasteiger partial charge in [-0.05, 0) is 38.3 Å². The number of unbranched alkanes of at least 4 members (excludes halogenated alkanes) is 1. The van der Waals surface area contributed by atoms with Crippen LogP contribution in [0.15, 0.2) is 0 Å². The predicted octanol–water partition coefficient (Wildman–Crippen LogP) is 3.41. The minimum absolute atomic E-state index is 0.316. The van der Waals surface area contributed by atoms with E-state index in [1.54, 1.807) is 0 Å². The molecule has 1 aliphatic rings. The van der Waals surface area contributed by atoms with E-state index in [1.807, 2.05) is 0 Å². The summed E-state index contributed by atoms with van der Waals surface area (Å²) in [7, 11) is 0. The molecule has 0 aliphatic heterocycles. The topological polar surface area (TPSA) is 29.3 Å². The number of hydrogen-bond donors (Lipinski definition) is 1. The van der Waals surface area contributed by atoms with Gasteiger partial charge in [0.1, 0.15) is 0 Å². The lowest BCUT2D eigenvalue weighted by atomic mass is 9.70. The van der Waals surface area contributed by atoms with Crippen LogP contribution in [0.1, 0.15) is 65.7 Å². The molecule has 0 heterocycles. The van der Waals surface area contributed by atoms with Gasteiger partial charge in [-0.2, -0.15) is 0 Å². The Kier molecular flexibility index (Phi) is 6.50. The van der Waals surface area contributed by atoms with Crippen LogP contribution in [0.4, 0.5) is 0 Å². The zero-order valence-electron chi connectivity index (χ0n) is 12.2. The highest BCUT2D eigenvalue weighted by Crippen LogP contribution is 2.39. The SMILES string of the molecule is CCCCN(CC)C1(CN)CCCCC1CC. The molecule has 1 fully saturated rings. The van der Waals surface area contributed by atoms with Gasteiger partial charge in [0.25, 0.3) is 0 Å². The molecule has 0 radical (unpaired) electrons. The zero-order chi connectivity index (χ0) is 12.7. The number of likely N-dealkylation sites (N-methyl/N-ethyl adjacent to an activating group) is 1. The highest BCUT2D eigenvalue weighted by molar-refractivity contribution is 4.99. The smallest absolute Gasteiger partial charge is 0.0359 e. The van der Waals surface area contributed by atoms with Crippen molar-refractivity contribution >= 4 is 0 Å². The third-order valence-corrected chi connectivity index (χ3v) is 4.81. The quantitative estimate of drug-likeness (QED) is 0.739. The van der Waals surface area contributed by atoms with Crippen molar-refractivity contribution in [2.24, 2.45) is 11.7 Å². The van der Waals surface area contributed by atoms with E-state index in [-0.39, 0.29) is 0 Å². The molecule has 0 aromatic carbocycles. The predicted molar refractivity (Wildman–Crippen MR) is 76.2 cm³/mol. The van der Waals surface area contributed by atoms with Crippen molar-refractivity contribution in [1.29, 1.82) is 0 Å². The van der Waals surface area contributed by atoms with Crippen LogP contribution in [0.25, 0.3) is 0 Å². The summed E-state index contributed by atoms with van der Waals surface area (Å²) in [5.74, 6) is 0.818. The molecule has 102 valence electrons.